The molecule has 0 saturated carbocycles. The van der Waals surface area contributed by atoms with E-state index in [0.717, 1.165) is 0 Å². The minimum atomic E-state index is -0.641. The summed E-state index contributed by atoms with van der Waals surface area (Å²) in [7, 11) is 0. The molecular formula is C11H10Cl2O. The first-order valence-electron chi connectivity index (χ1n) is 4.21. The molecule has 0 radical (unpaired) electrons. The Morgan fingerprint density at radius 1 is 1.43 bits per heavy atom. The van der Waals surface area contributed by atoms with E-state index in [0.29, 0.717) is 28.5 Å². The maximum Gasteiger partial charge on any atom is 0.0814 e. The van der Waals surface area contributed by atoms with Gasteiger partial charge in [-0.1, -0.05) is 23.2 Å². The Hall–Kier alpha value is -0.680. The van der Waals surface area contributed by atoms with Crippen molar-refractivity contribution in [1.29, 1.82) is 0 Å². The van der Waals surface area contributed by atoms with Gasteiger partial charge in [0.15, 0.2) is 0 Å². The van der Waals surface area contributed by atoms with E-state index < -0.39 is 6.10 Å². The number of halogens is 2. The SMILES string of the molecule is C#CCCC(O)c1cc(Cl)ccc1Cl. The normalized spacial score (nSPS) is 12.1. The summed E-state index contributed by atoms with van der Waals surface area (Å²) in [4.78, 5) is 0. The fraction of sp³-hybridized carbons (Fsp3) is 0.273. The highest BCUT2D eigenvalue weighted by molar-refractivity contribution is 6.33. The maximum absolute atomic E-state index is 9.72. The third-order valence-corrected chi connectivity index (χ3v) is 2.46. The zero-order valence-corrected chi connectivity index (χ0v) is 9.02. The van der Waals surface area contributed by atoms with E-state index in [4.69, 9.17) is 29.6 Å². The van der Waals surface area contributed by atoms with Gasteiger partial charge in [-0.25, -0.2) is 0 Å². The lowest BCUT2D eigenvalue weighted by atomic mass is 10.1. The van der Waals surface area contributed by atoms with E-state index in [1.807, 2.05) is 0 Å². The molecule has 0 aliphatic heterocycles. The quantitative estimate of drug-likeness (QED) is 0.787. The van der Waals surface area contributed by atoms with Gasteiger partial charge in [0.1, 0.15) is 0 Å². The van der Waals surface area contributed by atoms with Crippen LogP contribution in [-0.2, 0) is 0 Å². The fourth-order valence-corrected chi connectivity index (χ4v) is 1.57. The van der Waals surface area contributed by atoms with Gasteiger partial charge < -0.3 is 5.11 Å². The zero-order chi connectivity index (χ0) is 10.6. The molecule has 1 aromatic carbocycles. The summed E-state index contributed by atoms with van der Waals surface area (Å²) < 4.78 is 0. The Kier molecular flexibility index (Phi) is 4.28. The van der Waals surface area contributed by atoms with Crippen LogP contribution in [0.4, 0.5) is 0 Å². The summed E-state index contributed by atoms with van der Waals surface area (Å²) in [6, 6.07) is 5.00. The number of hydrogen-bond acceptors (Lipinski definition) is 1. The molecule has 74 valence electrons. The van der Waals surface area contributed by atoms with Crippen molar-refractivity contribution in [2.24, 2.45) is 0 Å². The van der Waals surface area contributed by atoms with Crippen molar-refractivity contribution in [3.05, 3.63) is 33.8 Å². The van der Waals surface area contributed by atoms with E-state index in [2.05, 4.69) is 5.92 Å². The molecule has 0 amide bonds. The molecule has 0 heterocycles. The van der Waals surface area contributed by atoms with E-state index in [-0.39, 0.29) is 0 Å². The van der Waals surface area contributed by atoms with E-state index in [9.17, 15) is 5.11 Å². The monoisotopic (exact) mass is 228 g/mol. The van der Waals surface area contributed by atoms with Gasteiger partial charge in [-0.3, -0.25) is 0 Å². The number of rotatable bonds is 3. The molecule has 1 rings (SSSR count). The van der Waals surface area contributed by atoms with Crippen LogP contribution < -0.4 is 0 Å². The van der Waals surface area contributed by atoms with Crippen molar-refractivity contribution >= 4 is 23.2 Å². The molecule has 1 unspecified atom stereocenters. The number of aliphatic hydroxyl groups is 1. The predicted octanol–water partition coefficient (Wildman–Crippen LogP) is 3.44. The average Bonchev–Trinajstić information content (AvgIpc) is 2.18. The minimum absolute atomic E-state index is 0.497. The van der Waals surface area contributed by atoms with Gasteiger partial charge in [0.25, 0.3) is 0 Å². The highest BCUT2D eigenvalue weighted by atomic mass is 35.5. The van der Waals surface area contributed by atoms with E-state index in [1.165, 1.54) is 0 Å². The van der Waals surface area contributed by atoms with Crippen LogP contribution in [0.5, 0.6) is 0 Å². The lowest BCUT2D eigenvalue weighted by Gasteiger charge is -2.11. The van der Waals surface area contributed by atoms with Gasteiger partial charge in [-0.15, -0.1) is 12.3 Å². The Morgan fingerprint density at radius 3 is 2.79 bits per heavy atom. The first kappa shape index (κ1) is 11.4. The molecule has 0 bridgehead atoms. The Balaban J connectivity index is 2.83. The second-order valence-electron chi connectivity index (χ2n) is 2.92. The second kappa shape index (κ2) is 5.26. The lowest BCUT2D eigenvalue weighted by Crippen LogP contribution is -1.97. The molecule has 0 aliphatic carbocycles. The molecule has 1 aromatic rings. The molecule has 0 spiro atoms. The molecule has 1 N–H and O–H groups in total. The molecule has 0 aliphatic rings. The van der Waals surface area contributed by atoms with Gasteiger partial charge >= 0.3 is 0 Å². The zero-order valence-electron chi connectivity index (χ0n) is 7.50. The van der Waals surface area contributed by atoms with Crippen LogP contribution in [0.15, 0.2) is 18.2 Å². The standard InChI is InChI=1S/C11H10Cl2O/c1-2-3-4-11(14)9-7-8(12)5-6-10(9)13/h1,5-7,11,14H,3-4H2. The smallest absolute Gasteiger partial charge is 0.0814 e. The third kappa shape index (κ3) is 2.92. The summed E-state index contributed by atoms with van der Waals surface area (Å²) in [6.45, 7) is 0. The van der Waals surface area contributed by atoms with Gasteiger partial charge in [-0.2, -0.15) is 0 Å². The average molecular weight is 229 g/mol. The van der Waals surface area contributed by atoms with Gasteiger partial charge in [0.05, 0.1) is 6.10 Å². The van der Waals surface area contributed by atoms with Crippen LogP contribution in [0.2, 0.25) is 10.0 Å². The van der Waals surface area contributed by atoms with Gasteiger partial charge in [0.2, 0.25) is 0 Å². The summed E-state index contributed by atoms with van der Waals surface area (Å²) in [6.07, 6.45) is 5.48. The molecule has 3 heteroatoms. The first-order valence-corrected chi connectivity index (χ1v) is 4.97. The van der Waals surface area contributed by atoms with Crippen molar-refractivity contribution in [3.8, 4) is 12.3 Å². The second-order valence-corrected chi connectivity index (χ2v) is 3.77. The molecule has 0 saturated heterocycles. The summed E-state index contributed by atoms with van der Waals surface area (Å²) in [5.74, 6) is 2.47. The van der Waals surface area contributed by atoms with Crippen LogP contribution in [-0.4, -0.2) is 5.11 Å². The van der Waals surface area contributed by atoms with Crippen LogP contribution in [0, 0.1) is 12.3 Å². The lowest BCUT2D eigenvalue weighted by molar-refractivity contribution is 0.169. The van der Waals surface area contributed by atoms with Crippen molar-refractivity contribution in [2.45, 2.75) is 18.9 Å². The fourth-order valence-electron chi connectivity index (χ4n) is 1.15. The molecule has 14 heavy (non-hydrogen) atoms. The van der Waals surface area contributed by atoms with Crippen LogP contribution in [0.3, 0.4) is 0 Å². The number of aliphatic hydroxyl groups excluding tert-OH is 1. The van der Waals surface area contributed by atoms with E-state index >= 15 is 0 Å². The van der Waals surface area contributed by atoms with Crippen molar-refractivity contribution < 1.29 is 5.11 Å². The van der Waals surface area contributed by atoms with Crippen molar-refractivity contribution in [1.82, 2.24) is 0 Å². The van der Waals surface area contributed by atoms with Gasteiger partial charge in [0, 0.05) is 22.0 Å². The number of terminal acetylenes is 1. The van der Waals surface area contributed by atoms with Crippen LogP contribution >= 0.6 is 23.2 Å². The number of benzene rings is 1. The predicted molar refractivity (Wildman–Crippen MR) is 59.5 cm³/mol. The van der Waals surface area contributed by atoms with Crippen molar-refractivity contribution in [2.75, 3.05) is 0 Å². The summed E-state index contributed by atoms with van der Waals surface area (Å²) in [5.41, 5.74) is 0.634. The Labute approximate surface area is 93.7 Å². The molecule has 0 fully saturated rings. The Bertz CT molecular complexity index is 355. The van der Waals surface area contributed by atoms with Crippen molar-refractivity contribution in [3.63, 3.8) is 0 Å². The van der Waals surface area contributed by atoms with E-state index in [1.54, 1.807) is 18.2 Å². The van der Waals surface area contributed by atoms with Crippen LogP contribution in [0.1, 0.15) is 24.5 Å². The molecule has 1 nitrogen and oxygen atoms in total. The third-order valence-electron chi connectivity index (χ3n) is 1.88. The highest BCUT2D eigenvalue weighted by Crippen LogP contribution is 2.28. The van der Waals surface area contributed by atoms with Crippen LogP contribution in [0.25, 0.3) is 0 Å². The van der Waals surface area contributed by atoms with Gasteiger partial charge in [-0.05, 0) is 24.6 Å². The summed E-state index contributed by atoms with van der Waals surface area (Å²) in [5, 5.41) is 10.8. The minimum Gasteiger partial charge on any atom is -0.388 e. The first-order chi connectivity index (χ1) is 6.65. The molecule has 1 atom stereocenters. The Morgan fingerprint density at radius 2 is 2.14 bits per heavy atom. The summed E-state index contributed by atoms with van der Waals surface area (Å²) >= 11 is 11.7. The molecule has 0 aromatic heterocycles. The maximum atomic E-state index is 9.72. The highest BCUT2D eigenvalue weighted by Gasteiger charge is 2.11. The topological polar surface area (TPSA) is 20.2 Å². The molecular weight excluding hydrogens is 219 g/mol. The largest absolute Gasteiger partial charge is 0.388 e. The number of hydrogen-bond donors (Lipinski definition) is 1.